The van der Waals surface area contributed by atoms with Gasteiger partial charge in [-0.15, -0.1) is 0 Å². The van der Waals surface area contributed by atoms with Gasteiger partial charge in [-0.1, -0.05) is 0 Å². The van der Waals surface area contributed by atoms with E-state index in [1.54, 1.807) is 7.11 Å². The summed E-state index contributed by atoms with van der Waals surface area (Å²) in [4.78, 5) is 0. The van der Waals surface area contributed by atoms with Crippen molar-refractivity contribution in [3.8, 4) is 0 Å². The summed E-state index contributed by atoms with van der Waals surface area (Å²) < 4.78 is 15.5. The smallest absolute Gasteiger partial charge is 0.316 e. The molecule has 12 heavy (non-hydrogen) atoms. The average Bonchev–Trinajstić information content (AvgIpc) is 2.10. The Kier molecular flexibility index (Phi) is 10.3. The Morgan fingerprint density at radius 3 is 2.50 bits per heavy atom. The molecule has 0 bridgehead atoms. The lowest BCUT2D eigenvalue weighted by Gasteiger charge is -2.12. The highest BCUT2D eigenvalue weighted by Gasteiger charge is 2.07. The number of rotatable bonds is 8. The van der Waals surface area contributed by atoms with E-state index in [1.807, 2.05) is 6.92 Å². The van der Waals surface area contributed by atoms with Crippen LogP contribution in [0.4, 0.5) is 0 Å². The molecule has 0 saturated carbocycles. The van der Waals surface area contributed by atoms with Gasteiger partial charge in [-0.3, -0.25) is 0 Å². The van der Waals surface area contributed by atoms with Crippen LogP contribution in [0.15, 0.2) is 0 Å². The van der Waals surface area contributed by atoms with E-state index < -0.39 is 8.60 Å². The third kappa shape index (κ3) is 7.32. The topological polar surface area (TPSA) is 27.7 Å². The van der Waals surface area contributed by atoms with Crippen LogP contribution in [0.25, 0.3) is 0 Å². The monoisotopic (exact) mass is 212 g/mol. The van der Waals surface area contributed by atoms with E-state index in [9.17, 15) is 0 Å². The Hall–Kier alpha value is 0.660. The first-order valence-corrected chi connectivity index (χ1v) is 5.78. The molecule has 1 unspecified atom stereocenters. The fourth-order valence-electron chi connectivity index (χ4n) is 0.601. The van der Waals surface area contributed by atoms with Gasteiger partial charge >= 0.3 is 8.60 Å². The third-order valence-corrected chi connectivity index (χ3v) is 2.61. The zero-order valence-electron chi connectivity index (χ0n) is 7.65. The number of unbranched alkanes of at least 4 members (excludes halogenated alkanes) is 1. The second-order valence-electron chi connectivity index (χ2n) is 2.09. The molecule has 0 aromatic rings. The average molecular weight is 212 g/mol. The normalized spacial score (nSPS) is 13.2. The lowest BCUT2D eigenvalue weighted by Crippen LogP contribution is -1.95. The summed E-state index contributed by atoms with van der Waals surface area (Å²) in [5, 5.41) is 0. The summed E-state index contributed by atoms with van der Waals surface area (Å²) >= 11 is 4.10. The van der Waals surface area contributed by atoms with Crippen molar-refractivity contribution in [3.63, 3.8) is 0 Å². The SMILES string of the molecule is CCOP(OC)OCCCCS. The first-order valence-electron chi connectivity index (χ1n) is 4.06. The lowest BCUT2D eigenvalue weighted by molar-refractivity contribution is 0.185. The Morgan fingerprint density at radius 2 is 2.00 bits per heavy atom. The molecule has 3 nitrogen and oxygen atoms in total. The highest BCUT2D eigenvalue weighted by atomic mass is 32.1. The van der Waals surface area contributed by atoms with Gasteiger partial charge in [0.25, 0.3) is 0 Å². The number of hydrogen-bond donors (Lipinski definition) is 1. The Balaban J connectivity index is 3.19. The van der Waals surface area contributed by atoms with E-state index in [4.69, 9.17) is 13.6 Å². The maximum atomic E-state index is 5.32. The Morgan fingerprint density at radius 1 is 1.25 bits per heavy atom. The third-order valence-electron chi connectivity index (χ3n) is 1.13. The largest absolute Gasteiger partial charge is 0.332 e. The molecule has 74 valence electrons. The van der Waals surface area contributed by atoms with Crippen LogP contribution in [-0.4, -0.2) is 26.1 Å². The highest BCUT2D eigenvalue weighted by molar-refractivity contribution is 7.80. The van der Waals surface area contributed by atoms with Gasteiger partial charge in [-0.25, -0.2) is 0 Å². The van der Waals surface area contributed by atoms with Crippen LogP contribution in [0.5, 0.6) is 0 Å². The van der Waals surface area contributed by atoms with E-state index in [-0.39, 0.29) is 0 Å². The van der Waals surface area contributed by atoms with Gasteiger partial charge in [0.2, 0.25) is 0 Å². The molecule has 0 heterocycles. The molecule has 0 aromatic carbocycles. The Labute approximate surface area is 81.2 Å². The predicted molar refractivity (Wildman–Crippen MR) is 54.6 cm³/mol. The van der Waals surface area contributed by atoms with Gasteiger partial charge in [0.15, 0.2) is 0 Å². The summed E-state index contributed by atoms with van der Waals surface area (Å²) in [6, 6.07) is 0. The maximum absolute atomic E-state index is 5.32. The fraction of sp³-hybridized carbons (Fsp3) is 1.00. The van der Waals surface area contributed by atoms with Crippen molar-refractivity contribution >= 4 is 21.2 Å². The van der Waals surface area contributed by atoms with Crippen molar-refractivity contribution in [2.24, 2.45) is 0 Å². The molecule has 0 aromatic heterocycles. The summed E-state index contributed by atoms with van der Waals surface area (Å²) in [5.74, 6) is 0.906. The second-order valence-corrected chi connectivity index (χ2v) is 3.86. The van der Waals surface area contributed by atoms with Crippen LogP contribution in [-0.2, 0) is 13.6 Å². The minimum absolute atomic E-state index is 0.631. The summed E-state index contributed by atoms with van der Waals surface area (Å²) in [6.45, 7) is 3.25. The van der Waals surface area contributed by atoms with Crippen LogP contribution in [0.2, 0.25) is 0 Å². The van der Waals surface area contributed by atoms with E-state index in [0.717, 1.165) is 18.6 Å². The molecule has 0 aliphatic rings. The molecular formula is C7H17O3PS. The van der Waals surface area contributed by atoms with E-state index in [0.29, 0.717) is 13.2 Å². The van der Waals surface area contributed by atoms with Gasteiger partial charge in [-0.05, 0) is 25.5 Å². The molecule has 0 radical (unpaired) electrons. The van der Waals surface area contributed by atoms with Crippen LogP contribution < -0.4 is 0 Å². The maximum Gasteiger partial charge on any atom is 0.332 e. The second kappa shape index (κ2) is 9.75. The van der Waals surface area contributed by atoms with Crippen LogP contribution in [0.3, 0.4) is 0 Å². The molecule has 1 atom stereocenters. The van der Waals surface area contributed by atoms with Crippen LogP contribution in [0.1, 0.15) is 19.8 Å². The molecule has 0 spiro atoms. The van der Waals surface area contributed by atoms with Crippen molar-refractivity contribution in [3.05, 3.63) is 0 Å². The Bertz CT molecular complexity index is 94.7. The quantitative estimate of drug-likeness (QED) is 0.381. The minimum Gasteiger partial charge on any atom is -0.316 e. The number of hydrogen-bond acceptors (Lipinski definition) is 4. The zero-order chi connectivity index (χ0) is 9.23. The molecule has 0 aliphatic heterocycles. The first-order chi connectivity index (χ1) is 5.85. The van der Waals surface area contributed by atoms with Crippen molar-refractivity contribution in [1.82, 2.24) is 0 Å². The van der Waals surface area contributed by atoms with Crippen molar-refractivity contribution in [2.45, 2.75) is 19.8 Å². The van der Waals surface area contributed by atoms with E-state index in [2.05, 4.69) is 12.6 Å². The van der Waals surface area contributed by atoms with Gasteiger partial charge < -0.3 is 13.6 Å². The number of thiol groups is 1. The van der Waals surface area contributed by atoms with Crippen molar-refractivity contribution in [1.29, 1.82) is 0 Å². The van der Waals surface area contributed by atoms with Crippen molar-refractivity contribution in [2.75, 3.05) is 26.1 Å². The molecule has 0 saturated heterocycles. The van der Waals surface area contributed by atoms with Crippen molar-refractivity contribution < 1.29 is 13.6 Å². The minimum atomic E-state index is -1.10. The lowest BCUT2D eigenvalue weighted by atomic mass is 10.4. The summed E-state index contributed by atoms with van der Waals surface area (Å²) in [6.07, 6.45) is 2.08. The van der Waals surface area contributed by atoms with Crippen LogP contribution in [0, 0.1) is 0 Å². The van der Waals surface area contributed by atoms with Gasteiger partial charge in [0.1, 0.15) is 0 Å². The highest BCUT2D eigenvalue weighted by Crippen LogP contribution is 2.38. The molecule has 0 N–H and O–H groups in total. The van der Waals surface area contributed by atoms with E-state index >= 15 is 0 Å². The summed E-state index contributed by atoms with van der Waals surface area (Å²) in [5.41, 5.74) is 0. The molecule has 0 rings (SSSR count). The first kappa shape index (κ1) is 12.7. The van der Waals surface area contributed by atoms with Gasteiger partial charge in [0, 0.05) is 7.11 Å². The molecule has 5 heteroatoms. The van der Waals surface area contributed by atoms with Gasteiger partial charge in [0.05, 0.1) is 13.2 Å². The standard InChI is InChI=1S/C7H17O3PS/c1-3-9-11(8-2)10-6-4-5-7-12/h12H,3-7H2,1-2H3. The van der Waals surface area contributed by atoms with Gasteiger partial charge in [-0.2, -0.15) is 12.6 Å². The zero-order valence-corrected chi connectivity index (χ0v) is 9.44. The van der Waals surface area contributed by atoms with E-state index in [1.165, 1.54) is 0 Å². The molecular weight excluding hydrogens is 195 g/mol. The summed E-state index contributed by atoms with van der Waals surface area (Å²) in [7, 11) is 0.497. The van der Waals surface area contributed by atoms with Crippen LogP contribution >= 0.6 is 21.2 Å². The molecule has 0 fully saturated rings. The fourth-order valence-corrected chi connectivity index (χ4v) is 1.60. The molecule has 0 amide bonds. The molecule has 0 aliphatic carbocycles. The predicted octanol–water partition coefficient (Wildman–Crippen LogP) is 2.62.